The molecule has 0 saturated carbocycles. The fourth-order valence-corrected chi connectivity index (χ4v) is 1.27. The topological polar surface area (TPSA) is 26.3 Å². The van der Waals surface area contributed by atoms with Gasteiger partial charge in [-0.3, -0.25) is 4.79 Å². The third-order valence-electron chi connectivity index (χ3n) is 2.01. The molecule has 0 aliphatic carbocycles. The maximum atomic E-state index is 11.7. The number of benzene rings is 1. The molecule has 1 aromatic carbocycles. The number of ketones is 1. The van der Waals surface area contributed by atoms with E-state index >= 15 is 0 Å². The highest BCUT2D eigenvalue weighted by atomic mass is 19.3. The van der Waals surface area contributed by atoms with Gasteiger partial charge in [0.1, 0.15) is 12.4 Å². The zero-order valence-electron chi connectivity index (χ0n) is 8.86. The Balaban J connectivity index is 2.17. The van der Waals surface area contributed by atoms with E-state index in [-0.39, 0.29) is 18.8 Å². The molecule has 0 saturated heterocycles. The quantitative estimate of drug-likeness (QED) is 0.670. The number of hydrogen-bond acceptors (Lipinski definition) is 2. The van der Waals surface area contributed by atoms with Crippen molar-refractivity contribution in [3.8, 4) is 0 Å². The second-order valence-corrected chi connectivity index (χ2v) is 3.42. The summed E-state index contributed by atoms with van der Waals surface area (Å²) < 4.78 is 28.0. The number of halogens is 2. The van der Waals surface area contributed by atoms with Gasteiger partial charge in [0, 0.05) is 12.8 Å². The summed E-state index contributed by atoms with van der Waals surface area (Å²) in [7, 11) is 0. The first kappa shape index (κ1) is 12.8. The van der Waals surface area contributed by atoms with Crippen molar-refractivity contribution >= 4 is 5.78 Å². The molecule has 0 aromatic heterocycles. The van der Waals surface area contributed by atoms with Gasteiger partial charge < -0.3 is 4.74 Å². The van der Waals surface area contributed by atoms with Crippen molar-refractivity contribution in [3.63, 3.8) is 0 Å². The fraction of sp³-hybridized carbons (Fsp3) is 0.417. The van der Waals surface area contributed by atoms with E-state index in [0.717, 1.165) is 5.56 Å². The van der Waals surface area contributed by atoms with E-state index in [1.165, 1.54) is 0 Å². The minimum absolute atomic E-state index is 0.000432. The van der Waals surface area contributed by atoms with Crippen LogP contribution in [-0.4, -0.2) is 25.4 Å². The van der Waals surface area contributed by atoms with Crippen LogP contribution >= 0.6 is 0 Å². The summed E-state index contributed by atoms with van der Waals surface area (Å²) in [5.41, 5.74) is 0.932. The van der Waals surface area contributed by atoms with Gasteiger partial charge in [-0.25, -0.2) is 8.78 Å². The monoisotopic (exact) mass is 228 g/mol. The highest BCUT2D eigenvalue weighted by Crippen LogP contribution is 2.02. The molecule has 0 aliphatic heterocycles. The molecular weight excluding hydrogens is 214 g/mol. The number of ether oxygens (including phenoxy) is 1. The Bertz CT molecular complexity index is 312. The van der Waals surface area contributed by atoms with Crippen LogP contribution in [0.2, 0.25) is 0 Å². The van der Waals surface area contributed by atoms with Crippen LogP contribution in [0.1, 0.15) is 12.0 Å². The van der Waals surface area contributed by atoms with Crippen LogP contribution in [0, 0.1) is 0 Å². The van der Waals surface area contributed by atoms with E-state index in [0.29, 0.717) is 6.42 Å². The summed E-state index contributed by atoms with van der Waals surface area (Å²) in [5, 5.41) is 0. The molecule has 0 radical (unpaired) electrons. The SMILES string of the molecule is O=C(CCOCC(F)F)Cc1ccccc1. The Morgan fingerprint density at radius 1 is 1.25 bits per heavy atom. The highest BCUT2D eigenvalue weighted by Gasteiger charge is 2.05. The molecule has 0 unspecified atom stereocenters. The summed E-state index contributed by atoms with van der Waals surface area (Å²) in [4.78, 5) is 11.4. The molecule has 2 nitrogen and oxygen atoms in total. The Morgan fingerprint density at radius 3 is 2.56 bits per heavy atom. The average Bonchev–Trinajstić information content (AvgIpc) is 2.25. The van der Waals surface area contributed by atoms with Crippen molar-refractivity contribution in [3.05, 3.63) is 35.9 Å². The molecule has 4 heteroatoms. The van der Waals surface area contributed by atoms with Crippen LogP contribution in [0.5, 0.6) is 0 Å². The smallest absolute Gasteiger partial charge is 0.261 e. The van der Waals surface area contributed by atoms with Gasteiger partial charge in [0.05, 0.1) is 6.61 Å². The molecule has 0 atom stereocenters. The lowest BCUT2D eigenvalue weighted by Gasteiger charge is -2.03. The minimum Gasteiger partial charge on any atom is -0.375 e. The van der Waals surface area contributed by atoms with E-state index in [4.69, 9.17) is 0 Å². The van der Waals surface area contributed by atoms with Crippen molar-refractivity contribution < 1.29 is 18.3 Å². The molecule has 0 bridgehead atoms. The Kier molecular flexibility index (Phi) is 5.64. The molecule has 0 spiro atoms. The Labute approximate surface area is 93.2 Å². The fourth-order valence-electron chi connectivity index (χ4n) is 1.27. The van der Waals surface area contributed by atoms with Crippen LogP contribution in [0.15, 0.2) is 30.3 Å². The van der Waals surface area contributed by atoms with Gasteiger partial charge in [-0.05, 0) is 5.56 Å². The first-order valence-corrected chi connectivity index (χ1v) is 5.10. The van der Waals surface area contributed by atoms with Crippen molar-refractivity contribution in [2.45, 2.75) is 19.3 Å². The maximum absolute atomic E-state index is 11.7. The Morgan fingerprint density at radius 2 is 1.94 bits per heavy atom. The Hall–Kier alpha value is -1.29. The molecule has 0 amide bonds. The van der Waals surface area contributed by atoms with Gasteiger partial charge in [0.15, 0.2) is 0 Å². The third-order valence-corrected chi connectivity index (χ3v) is 2.01. The van der Waals surface area contributed by atoms with E-state index in [2.05, 4.69) is 4.74 Å². The number of carbonyl (C=O) groups is 1. The van der Waals surface area contributed by atoms with Crippen LogP contribution in [-0.2, 0) is 16.0 Å². The number of Topliss-reactive ketones (excluding diaryl/α,β-unsaturated/α-hetero) is 1. The average molecular weight is 228 g/mol. The predicted molar refractivity (Wildman–Crippen MR) is 56.6 cm³/mol. The lowest BCUT2D eigenvalue weighted by atomic mass is 10.1. The van der Waals surface area contributed by atoms with Crippen LogP contribution in [0.25, 0.3) is 0 Å². The van der Waals surface area contributed by atoms with E-state index in [1.54, 1.807) is 0 Å². The zero-order chi connectivity index (χ0) is 11.8. The van der Waals surface area contributed by atoms with E-state index < -0.39 is 13.0 Å². The van der Waals surface area contributed by atoms with Gasteiger partial charge in [0.2, 0.25) is 0 Å². The number of carbonyl (C=O) groups excluding carboxylic acids is 1. The highest BCUT2D eigenvalue weighted by molar-refractivity contribution is 5.80. The normalized spacial score (nSPS) is 10.7. The first-order valence-electron chi connectivity index (χ1n) is 5.10. The molecule has 0 N–H and O–H groups in total. The summed E-state index contributed by atoms with van der Waals surface area (Å²) >= 11 is 0. The van der Waals surface area contributed by atoms with Crippen molar-refractivity contribution in [2.24, 2.45) is 0 Å². The number of alkyl halides is 2. The van der Waals surface area contributed by atoms with Crippen molar-refractivity contribution in [1.82, 2.24) is 0 Å². The lowest BCUT2D eigenvalue weighted by Crippen LogP contribution is -2.10. The van der Waals surface area contributed by atoms with Gasteiger partial charge in [0.25, 0.3) is 6.43 Å². The molecule has 0 heterocycles. The summed E-state index contributed by atoms with van der Waals surface area (Å²) in [6.45, 7) is -0.533. The molecule has 0 fully saturated rings. The van der Waals surface area contributed by atoms with Crippen LogP contribution in [0.3, 0.4) is 0 Å². The zero-order valence-corrected chi connectivity index (χ0v) is 8.86. The summed E-state index contributed by atoms with van der Waals surface area (Å²) in [6.07, 6.45) is -1.95. The van der Waals surface area contributed by atoms with Gasteiger partial charge in [-0.1, -0.05) is 30.3 Å². The molecule has 1 aromatic rings. The van der Waals surface area contributed by atoms with Crippen molar-refractivity contribution in [1.29, 1.82) is 0 Å². The largest absolute Gasteiger partial charge is 0.375 e. The molecule has 88 valence electrons. The maximum Gasteiger partial charge on any atom is 0.261 e. The minimum atomic E-state index is -2.47. The standard InChI is InChI=1S/C12H14F2O2/c13-12(14)9-16-7-6-11(15)8-10-4-2-1-3-5-10/h1-5,12H,6-9H2. The third kappa shape index (κ3) is 5.56. The number of hydrogen-bond donors (Lipinski definition) is 0. The van der Waals surface area contributed by atoms with Crippen LogP contribution in [0.4, 0.5) is 8.78 Å². The van der Waals surface area contributed by atoms with Gasteiger partial charge >= 0.3 is 0 Å². The molecule has 16 heavy (non-hydrogen) atoms. The summed E-state index contributed by atoms with van der Waals surface area (Å²) in [6, 6.07) is 9.31. The second kappa shape index (κ2) is 7.06. The van der Waals surface area contributed by atoms with E-state index in [9.17, 15) is 13.6 Å². The number of rotatable bonds is 7. The summed E-state index contributed by atoms with van der Waals surface area (Å²) in [5.74, 6) is 0.000432. The van der Waals surface area contributed by atoms with Crippen molar-refractivity contribution in [2.75, 3.05) is 13.2 Å². The second-order valence-electron chi connectivity index (χ2n) is 3.42. The van der Waals surface area contributed by atoms with E-state index in [1.807, 2.05) is 30.3 Å². The first-order chi connectivity index (χ1) is 7.68. The molecular formula is C12H14F2O2. The predicted octanol–water partition coefficient (Wildman–Crippen LogP) is 2.47. The lowest BCUT2D eigenvalue weighted by molar-refractivity contribution is -0.119. The van der Waals surface area contributed by atoms with Gasteiger partial charge in [-0.15, -0.1) is 0 Å². The molecule has 0 aliphatic rings. The van der Waals surface area contributed by atoms with Crippen LogP contribution < -0.4 is 0 Å². The van der Waals surface area contributed by atoms with Gasteiger partial charge in [-0.2, -0.15) is 0 Å². The molecule has 1 rings (SSSR count).